The van der Waals surface area contributed by atoms with Crippen LogP contribution in [0.15, 0.2) is 39.6 Å². The summed E-state index contributed by atoms with van der Waals surface area (Å²) in [5.41, 5.74) is 5.94. The molecule has 0 aliphatic rings. The third kappa shape index (κ3) is 5.39. The van der Waals surface area contributed by atoms with E-state index in [4.69, 9.17) is 14.9 Å². The van der Waals surface area contributed by atoms with E-state index < -0.39 is 24.4 Å². The normalized spacial score (nSPS) is 10.3. The zero-order valence-electron chi connectivity index (χ0n) is 13.8. The van der Waals surface area contributed by atoms with E-state index in [1.54, 1.807) is 44.2 Å². The standard InChI is InChI=1S/C17H18N2O5S/c1-10-7-12(11(2)24-10)17(22)23-8-16(21)19-13-5-3-4-6-14(13)25-9-15(18)20/h3-7H,8-9H2,1-2H3,(H2,18,20)(H,19,21). The van der Waals surface area contributed by atoms with Crippen LogP contribution in [0, 0.1) is 13.8 Å². The molecule has 132 valence electrons. The lowest BCUT2D eigenvalue weighted by Gasteiger charge is -2.10. The molecule has 25 heavy (non-hydrogen) atoms. The largest absolute Gasteiger partial charge is 0.466 e. The van der Waals surface area contributed by atoms with E-state index in [9.17, 15) is 14.4 Å². The molecule has 0 aliphatic heterocycles. The molecule has 3 N–H and O–H groups in total. The number of amides is 2. The maximum Gasteiger partial charge on any atom is 0.342 e. The van der Waals surface area contributed by atoms with Gasteiger partial charge in [0.1, 0.15) is 17.1 Å². The van der Waals surface area contributed by atoms with Crippen LogP contribution in [0.5, 0.6) is 0 Å². The van der Waals surface area contributed by atoms with Gasteiger partial charge >= 0.3 is 5.97 Å². The van der Waals surface area contributed by atoms with Gasteiger partial charge in [-0.05, 0) is 32.0 Å². The lowest BCUT2D eigenvalue weighted by molar-refractivity contribution is -0.119. The molecule has 7 nitrogen and oxygen atoms in total. The predicted molar refractivity (Wildman–Crippen MR) is 93.5 cm³/mol. The summed E-state index contributed by atoms with van der Waals surface area (Å²) in [4.78, 5) is 35.6. The fraction of sp³-hybridized carbons (Fsp3) is 0.235. The van der Waals surface area contributed by atoms with Crippen molar-refractivity contribution >= 4 is 35.2 Å². The number of ether oxygens (including phenoxy) is 1. The van der Waals surface area contributed by atoms with Gasteiger partial charge in [0.25, 0.3) is 5.91 Å². The molecule has 0 saturated heterocycles. The van der Waals surface area contributed by atoms with Crippen LogP contribution in [0.25, 0.3) is 0 Å². The van der Waals surface area contributed by atoms with Gasteiger partial charge in [0, 0.05) is 4.90 Å². The summed E-state index contributed by atoms with van der Waals surface area (Å²) in [6, 6.07) is 8.53. The SMILES string of the molecule is Cc1cc(C(=O)OCC(=O)Nc2ccccc2SCC(N)=O)c(C)o1. The summed E-state index contributed by atoms with van der Waals surface area (Å²) in [5.74, 6) is -0.434. The highest BCUT2D eigenvalue weighted by Crippen LogP contribution is 2.26. The second-order valence-corrected chi connectivity index (χ2v) is 6.22. The van der Waals surface area contributed by atoms with Gasteiger partial charge in [0.15, 0.2) is 6.61 Å². The number of para-hydroxylation sites is 1. The molecule has 1 aromatic carbocycles. The van der Waals surface area contributed by atoms with Crippen LogP contribution in [0.2, 0.25) is 0 Å². The molecular formula is C17H18N2O5S. The van der Waals surface area contributed by atoms with E-state index in [1.165, 1.54) is 11.8 Å². The first-order chi connectivity index (χ1) is 11.9. The van der Waals surface area contributed by atoms with Crippen LogP contribution in [0.4, 0.5) is 5.69 Å². The van der Waals surface area contributed by atoms with Crippen molar-refractivity contribution in [3.8, 4) is 0 Å². The molecule has 0 atom stereocenters. The molecule has 0 radical (unpaired) electrons. The molecule has 2 amide bonds. The van der Waals surface area contributed by atoms with Gasteiger partial charge in [-0.2, -0.15) is 0 Å². The first-order valence-corrected chi connectivity index (χ1v) is 8.39. The topological polar surface area (TPSA) is 112 Å². The lowest BCUT2D eigenvalue weighted by Crippen LogP contribution is -2.21. The molecule has 1 aromatic heterocycles. The van der Waals surface area contributed by atoms with E-state index >= 15 is 0 Å². The van der Waals surface area contributed by atoms with E-state index in [0.717, 1.165) is 0 Å². The van der Waals surface area contributed by atoms with E-state index in [2.05, 4.69) is 5.32 Å². The minimum absolute atomic E-state index is 0.0982. The Kier molecular flexibility index (Phi) is 6.24. The highest BCUT2D eigenvalue weighted by atomic mass is 32.2. The third-order valence-electron chi connectivity index (χ3n) is 3.13. The van der Waals surface area contributed by atoms with Crippen molar-refractivity contribution in [3.63, 3.8) is 0 Å². The molecule has 1 heterocycles. The number of carbonyl (C=O) groups excluding carboxylic acids is 3. The van der Waals surface area contributed by atoms with Crippen molar-refractivity contribution in [2.24, 2.45) is 5.73 Å². The maximum atomic E-state index is 12.0. The van der Waals surface area contributed by atoms with E-state index in [0.29, 0.717) is 27.7 Å². The number of nitrogens with two attached hydrogens (primary N) is 1. The number of rotatable bonds is 7. The summed E-state index contributed by atoms with van der Waals surface area (Å²) in [7, 11) is 0. The van der Waals surface area contributed by atoms with Crippen LogP contribution in [0.1, 0.15) is 21.9 Å². The van der Waals surface area contributed by atoms with Crippen LogP contribution < -0.4 is 11.1 Å². The van der Waals surface area contributed by atoms with Gasteiger partial charge in [-0.15, -0.1) is 11.8 Å². The molecular weight excluding hydrogens is 344 g/mol. The number of esters is 1. The Morgan fingerprint density at radius 3 is 2.60 bits per heavy atom. The Morgan fingerprint density at radius 1 is 1.24 bits per heavy atom. The molecule has 0 saturated carbocycles. The Morgan fingerprint density at radius 2 is 1.96 bits per heavy atom. The number of nitrogens with one attached hydrogen (secondary N) is 1. The van der Waals surface area contributed by atoms with Gasteiger partial charge < -0.3 is 20.2 Å². The number of hydrogen-bond acceptors (Lipinski definition) is 6. The molecule has 0 bridgehead atoms. The number of aryl methyl sites for hydroxylation is 2. The molecule has 0 unspecified atom stereocenters. The predicted octanol–water partition coefficient (Wildman–Crippen LogP) is 2.27. The highest BCUT2D eigenvalue weighted by molar-refractivity contribution is 8.00. The average molecular weight is 362 g/mol. The van der Waals surface area contributed by atoms with Gasteiger partial charge in [0.05, 0.1) is 11.4 Å². The zero-order valence-corrected chi connectivity index (χ0v) is 14.6. The lowest BCUT2D eigenvalue weighted by atomic mass is 10.2. The monoisotopic (exact) mass is 362 g/mol. The first-order valence-electron chi connectivity index (χ1n) is 7.41. The molecule has 2 rings (SSSR count). The molecule has 0 spiro atoms. The number of primary amides is 1. The van der Waals surface area contributed by atoms with Crippen molar-refractivity contribution in [1.82, 2.24) is 0 Å². The highest BCUT2D eigenvalue weighted by Gasteiger charge is 2.17. The Bertz CT molecular complexity index is 800. The smallest absolute Gasteiger partial charge is 0.342 e. The van der Waals surface area contributed by atoms with Crippen LogP contribution in [-0.4, -0.2) is 30.1 Å². The van der Waals surface area contributed by atoms with Crippen LogP contribution in [-0.2, 0) is 14.3 Å². The van der Waals surface area contributed by atoms with Crippen LogP contribution in [0.3, 0.4) is 0 Å². The number of thioether (sulfide) groups is 1. The Labute approximate surface area is 148 Å². The molecule has 8 heteroatoms. The summed E-state index contributed by atoms with van der Waals surface area (Å²) in [6.45, 7) is 2.93. The zero-order chi connectivity index (χ0) is 18.4. The van der Waals surface area contributed by atoms with Crippen molar-refractivity contribution in [1.29, 1.82) is 0 Å². The number of benzene rings is 1. The van der Waals surface area contributed by atoms with Crippen molar-refractivity contribution in [2.45, 2.75) is 18.7 Å². The summed E-state index contributed by atoms with van der Waals surface area (Å²) < 4.78 is 10.3. The minimum atomic E-state index is -0.624. The fourth-order valence-electron chi connectivity index (χ4n) is 2.07. The third-order valence-corrected chi connectivity index (χ3v) is 4.22. The van der Waals surface area contributed by atoms with Crippen molar-refractivity contribution in [2.75, 3.05) is 17.7 Å². The second kappa shape index (κ2) is 8.39. The average Bonchev–Trinajstić information content (AvgIpc) is 2.90. The molecule has 0 aliphatic carbocycles. The van der Waals surface area contributed by atoms with Crippen LogP contribution >= 0.6 is 11.8 Å². The van der Waals surface area contributed by atoms with Crippen molar-refractivity contribution in [3.05, 3.63) is 47.4 Å². The van der Waals surface area contributed by atoms with Gasteiger partial charge in [-0.25, -0.2) is 4.79 Å². The van der Waals surface area contributed by atoms with Gasteiger partial charge in [0.2, 0.25) is 5.91 Å². The van der Waals surface area contributed by atoms with E-state index in [-0.39, 0.29) is 5.75 Å². The summed E-state index contributed by atoms with van der Waals surface area (Å²) >= 11 is 1.21. The number of hydrogen-bond donors (Lipinski definition) is 2. The quantitative estimate of drug-likeness (QED) is 0.577. The second-order valence-electron chi connectivity index (χ2n) is 5.20. The van der Waals surface area contributed by atoms with E-state index in [1.807, 2.05) is 0 Å². The van der Waals surface area contributed by atoms with Gasteiger partial charge in [-0.1, -0.05) is 12.1 Å². The Balaban J connectivity index is 1.93. The summed E-state index contributed by atoms with van der Waals surface area (Å²) in [6.07, 6.45) is 0. The number of carbonyl (C=O) groups is 3. The molecule has 2 aromatic rings. The van der Waals surface area contributed by atoms with Crippen molar-refractivity contribution < 1.29 is 23.5 Å². The number of anilines is 1. The fourth-order valence-corrected chi connectivity index (χ4v) is 2.82. The Hall–Kier alpha value is -2.74. The first kappa shape index (κ1) is 18.6. The van der Waals surface area contributed by atoms with Gasteiger partial charge in [-0.3, -0.25) is 9.59 Å². The minimum Gasteiger partial charge on any atom is -0.466 e. The number of furan rings is 1. The molecule has 0 fully saturated rings. The summed E-state index contributed by atoms with van der Waals surface area (Å²) in [5, 5.41) is 2.65. The maximum absolute atomic E-state index is 12.0.